The van der Waals surface area contributed by atoms with Gasteiger partial charge < -0.3 is 29.7 Å². The molecule has 1 aliphatic heterocycles. The molecule has 0 bridgehead atoms. The lowest BCUT2D eigenvalue weighted by Gasteiger charge is -2.21. The van der Waals surface area contributed by atoms with Crippen LogP contribution in [0.15, 0.2) is 41.5 Å². The van der Waals surface area contributed by atoms with Gasteiger partial charge in [-0.05, 0) is 18.9 Å². The first-order chi connectivity index (χ1) is 15.2. The van der Waals surface area contributed by atoms with Gasteiger partial charge >= 0.3 is 0 Å². The number of hydrogen-bond acceptors (Lipinski definition) is 6. The van der Waals surface area contributed by atoms with Crippen molar-refractivity contribution in [3.63, 3.8) is 0 Å². The summed E-state index contributed by atoms with van der Waals surface area (Å²) in [5.74, 6) is 3.02. The zero-order valence-corrected chi connectivity index (χ0v) is 18.9. The predicted octanol–water partition coefficient (Wildman–Crippen LogP) is 2.83. The molecule has 2 N–H and O–H groups in total. The molecule has 168 valence electrons. The van der Waals surface area contributed by atoms with Crippen molar-refractivity contribution in [2.45, 2.75) is 32.4 Å². The fraction of sp³-hybridized carbons (Fsp3) is 0.478. The number of nitrogens with one attached hydrogen (secondary N) is 2. The van der Waals surface area contributed by atoms with Gasteiger partial charge in [0.25, 0.3) is 0 Å². The standard InChI is InChI=1S/C23H33N5O3/c1-5-11-31-22-17(7-6-9-25-22)15-26-23(24-2)27-18-8-10-28(16-18)19-12-20(29-3)14-21(13-19)30-4/h6-7,9,12-14,18H,5,8,10-11,15-16H2,1-4H3,(H2,24,26,27). The van der Waals surface area contributed by atoms with E-state index >= 15 is 0 Å². The second kappa shape index (κ2) is 11.3. The molecule has 3 rings (SSSR count). The number of anilines is 1. The number of guanidine groups is 1. The predicted molar refractivity (Wildman–Crippen MR) is 124 cm³/mol. The van der Waals surface area contributed by atoms with Crippen molar-refractivity contribution in [1.29, 1.82) is 0 Å². The number of rotatable bonds is 9. The highest BCUT2D eigenvalue weighted by Gasteiger charge is 2.24. The van der Waals surface area contributed by atoms with Gasteiger partial charge in [-0.1, -0.05) is 13.0 Å². The Kier molecular flexibility index (Phi) is 8.20. The Morgan fingerprint density at radius 3 is 2.68 bits per heavy atom. The monoisotopic (exact) mass is 427 g/mol. The highest BCUT2D eigenvalue weighted by atomic mass is 16.5. The Morgan fingerprint density at radius 2 is 2.00 bits per heavy atom. The molecule has 2 heterocycles. The van der Waals surface area contributed by atoms with Crippen LogP contribution in [0.4, 0.5) is 5.69 Å². The average molecular weight is 428 g/mol. The third-order valence-corrected chi connectivity index (χ3v) is 5.19. The van der Waals surface area contributed by atoms with Crippen molar-refractivity contribution >= 4 is 11.6 Å². The smallest absolute Gasteiger partial charge is 0.218 e. The van der Waals surface area contributed by atoms with E-state index in [2.05, 4.69) is 32.4 Å². The first-order valence-electron chi connectivity index (χ1n) is 10.7. The number of pyridine rings is 1. The minimum atomic E-state index is 0.285. The van der Waals surface area contributed by atoms with Crippen LogP contribution in [0, 0.1) is 0 Å². The molecule has 1 saturated heterocycles. The first kappa shape index (κ1) is 22.5. The molecule has 8 heteroatoms. The normalized spacial score (nSPS) is 16.2. The second-order valence-corrected chi connectivity index (χ2v) is 7.39. The number of hydrogen-bond donors (Lipinski definition) is 2. The second-order valence-electron chi connectivity index (χ2n) is 7.39. The molecule has 1 aromatic heterocycles. The van der Waals surface area contributed by atoms with E-state index in [1.54, 1.807) is 27.5 Å². The molecule has 1 aromatic carbocycles. The molecule has 1 fully saturated rings. The molecule has 1 atom stereocenters. The van der Waals surface area contributed by atoms with Gasteiger partial charge in [-0.2, -0.15) is 0 Å². The molecule has 0 aliphatic carbocycles. The zero-order valence-electron chi connectivity index (χ0n) is 18.9. The van der Waals surface area contributed by atoms with E-state index in [-0.39, 0.29) is 6.04 Å². The third-order valence-electron chi connectivity index (χ3n) is 5.19. The Labute approximate surface area is 184 Å². The highest BCUT2D eigenvalue weighted by Crippen LogP contribution is 2.30. The van der Waals surface area contributed by atoms with Crippen molar-refractivity contribution < 1.29 is 14.2 Å². The van der Waals surface area contributed by atoms with Gasteiger partial charge in [0.15, 0.2) is 5.96 Å². The molecule has 0 amide bonds. The molecule has 1 unspecified atom stereocenters. The fourth-order valence-corrected chi connectivity index (χ4v) is 3.54. The first-order valence-corrected chi connectivity index (χ1v) is 10.7. The van der Waals surface area contributed by atoms with Gasteiger partial charge in [0, 0.05) is 68.4 Å². The maximum atomic E-state index is 5.75. The lowest BCUT2D eigenvalue weighted by molar-refractivity contribution is 0.301. The number of aliphatic imine (C=N–C) groups is 1. The van der Waals surface area contributed by atoms with Crippen molar-refractivity contribution in [3.8, 4) is 17.4 Å². The van der Waals surface area contributed by atoms with E-state index in [0.29, 0.717) is 19.0 Å². The summed E-state index contributed by atoms with van der Waals surface area (Å²) in [4.78, 5) is 11.1. The molecule has 1 aliphatic rings. The van der Waals surface area contributed by atoms with Gasteiger partial charge in [0.05, 0.1) is 20.8 Å². The maximum absolute atomic E-state index is 5.75. The number of methoxy groups -OCH3 is 2. The summed E-state index contributed by atoms with van der Waals surface area (Å²) in [5.41, 5.74) is 2.10. The van der Waals surface area contributed by atoms with Crippen molar-refractivity contribution in [2.24, 2.45) is 4.99 Å². The molecule has 0 spiro atoms. The van der Waals surface area contributed by atoms with Crippen molar-refractivity contribution in [2.75, 3.05) is 45.9 Å². The molecular formula is C23H33N5O3. The lowest BCUT2D eigenvalue weighted by Crippen LogP contribution is -2.44. The number of benzene rings is 1. The quantitative estimate of drug-likeness (QED) is 0.470. The minimum Gasteiger partial charge on any atom is -0.497 e. The van der Waals surface area contributed by atoms with E-state index < -0.39 is 0 Å². The molecule has 31 heavy (non-hydrogen) atoms. The Hall–Kier alpha value is -3.16. The summed E-state index contributed by atoms with van der Waals surface area (Å²) in [6, 6.07) is 10.2. The van der Waals surface area contributed by atoms with Gasteiger partial charge in [-0.15, -0.1) is 0 Å². The van der Waals surface area contributed by atoms with Gasteiger partial charge in [0.2, 0.25) is 5.88 Å². The zero-order chi connectivity index (χ0) is 22.1. The third kappa shape index (κ3) is 6.16. The van der Waals surface area contributed by atoms with Crippen LogP contribution in [0.25, 0.3) is 0 Å². The molecule has 0 saturated carbocycles. The van der Waals surface area contributed by atoms with Crippen LogP contribution in [0.3, 0.4) is 0 Å². The van der Waals surface area contributed by atoms with Crippen LogP contribution in [-0.4, -0.2) is 57.9 Å². The Bertz CT molecular complexity index is 852. The van der Waals surface area contributed by atoms with Crippen molar-refractivity contribution in [1.82, 2.24) is 15.6 Å². The Morgan fingerprint density at radius 1 is 1.23 bits per heavy atom. The SMILES string of the molecule is CCCOc1ncccc1CNC(=NC)NC1CCN(c2cc(OC)cc(OC)c2)C1. The van der Waals surface area contributed by atoms with E-state index in [1.165, 1.54) is 0 Å². The summed E-state index contributed by atoms with van der Waals surface area (Å²) in [6.45, 7) is 5.15. The maximum Gasteiger partial charge on any atom is 0.218 e. The Balaban J connectivity index is 1.57. The minimum absolute atomic E-state index is 0.285. The summed E-state index contributed by atoms with van der Waals surface area (Å²) in [5, 5.41) is 6.91. The summed E-state index contributed by atoms with van der Waals surface area (Å²) in [6.07, 6.45) is 3.71. The average Bonchev–Trinajstić information content (AvgIpc) is 3.29. The van der Waals surface area contributed by atoms with Gasteiger partial charge in [-0.3, -0.25) is 4.99 Å². The fourth-order valence-electron chi connectivity index (χ4n) is 3.54. The topological polar surface area (TPSA) is 80.2 Å². The molecule has 0 radical (unpaired) electrons. The van der Waals surface area contributed by atoms with Crippen LogP contribution >= 0.6 is 0 Å². The van der Waals surface area contributed by atoms with Gasteiger partial charge in [0.1, 0.15) is 11.5 Å². The molecule has 8 nitrogen and oxygen atoms in total. The largest absolute Gasteiger partial charge is 0.497 e. The van der Waals surface area contributed by atoms with E-state index in [0.717, 1.165) is 54.6 Å². The molecule has 2 aromatic rings. The summed E-state index contributed by atoms with van der Waals surface area (Å²) >= 11 is 0. The van der Waals surface area contributed by atoms with E-state index in [4.69, 9.17) is 14.2 Å². The van der Waals surface area contributed by atoms with Gasteiger partial charge in [-0.25, -0.2) is 4.98 Å². The van der Waals surface area contributed by atoms with Crippen molar-refractivity contribution in [3.05, 3.63) is 42.1 Å². The number of nitrogens with zero attached hydrogens (tertiary/aromatic N) is 3. The molecular weight excluding hydrogens is 394 g/mol. The van der Waals surface area contributed by atoms with Crippen LogP contribution in [0.2, 0.25) is 0 Å². The van der Waals surface area contributed by atoms with Crippen LogP contribution < -0.4 is 29.7 Å². The summed E-state index contributed by atoms with van der Waals surface area (Å²) < 4.78 is 16.6. The van der Waals surface area contributed by atoms with Crippen LogP contribution in [0.1, 0.15) is 25.3 Å². The van der Waals surface area contributed by atoms with E-state index in [1.807, 2.05) is 30.3 Å². The summed E-state index contributed by atoms with van der Waals surface area (Å²) in [7, 11) is 5.12. The van der Waals surface area contributed by atoms with E-state index in [9.17, 15) is 0 Å². The van der Waals surface area contributed by atoms with Crippen LogP contribution in [-0.2, 0) is 6.54 Å². The number of aromatic nitrogens is 1. The van der Waals surface area contributed by atoms with Crippen LogP contribution in [0.5, 0.6) is 17.4 Å². The lowest BCUT2D eigenvalue weighted by atomic mass is 10.2. The number of ether oxygens (including phenoxy) is 3. The highest BCUT2D eigenvalue weighted by molar-refractivity contribution is 5.80.